The molecule has 16 heavy (non-hydrogen) atoms. The highest BCUT2D eigenvalue weighted by Crippen LogP contribution is 2.26. The molecule has 0 N–H and O–H groups in total. The number of piperidine rings is 1. The normalized spacial score (nSPS) is 21.9. The van der Waals surface area contributed by atoms with Crippen molar-refractivity contribution < 1.29 is 0 Å². The van der Waals surface area contributed by atoms with Crippen molar-refractivity contribution in [1.29, 1.82) is 0 Å². The van der Waals surface area contributed by atoms with Crippen molar-refractivity contribution in [3.8, 4) is 0 Å². The third kappa shape index (κ3) is 4.45. The van der Waals surface area contributed by atoms with E-state index in [1.165, 1.54) is 38.8 Å². The van der Waals surface area contributed by atoms with Crippen LogP contribution in [0, 0.1) is 17.8 Å². The van der Waals surface area contributed by atoms with Gasteiger partial charge in [0.2, 0.25) is 0 Å². The van der Waals surface area contributed by atoms with Crippen LogP contribution in [0.4, 0.5) is 0 Å². The summed E-state index contributed by atoms with van der Waals surface area (Å²) in [7, 11) is 0. The minimum atomic E-state index is 0.769. The van der Waals surface area contributed by atoms with E-state index in [1.807, 2.05) is 0 Å². The van der Waals surface area contributed by atoms with Crippen LogP contribution in [0.25, 0.3) is 0 Å². The fourth-order valence-corrected chi connectivity index (χ4v) is 2.64. The molecule has 0 saturated carbocycles. The topological polar surface area (TPSA) is 3.24 Å². The van der Waals surface area contributed by atoms with Crippen LogP contribution in [-0.2, 0) is 0 Å². The lowest BCUT2D eigenvalue weighted by Crippen LogP contribution is -2.42. The smallest absolute Gasteiger partial charge is 0.00899 e. The van der Waals surface area contributed by atoms with Crippen molar-refractivity contribution in [1.82, 2.24) is 4.90 Å². The van der Waals surface area contributed by atoms with Gasteiger partial charge in [-0.25, -0.2) is 0 Å². The molecule has 1 aliphatic rings. The molecule has 0 amide bonds. The standard InChI is InChI=1S/C15H31N/c1-12(2)6-7-15-8-10-16(11-9-15)14(5)13(3)4/h12-15H,6-11H2,1-5H3. The molecular formula is C15H31N. The van der Waals surface area contributed by atoms with Gasteiger partial charge >= 0.3 is 0 Å². The lowest BCUT2D eigenvalue weighted by atomic mass is 9.88. The van der Waals surface area contributed by atoms with Crippen molar-refractivity contribution >= 4 is 0 Å². The van der Waals surface area contributed by atoms with E-state index < -0.39 is 0 Å². The highest BCUT2D eigenvalue weighted by Gasteiger charge is 2.23. The molecule has 96 valence electrons. The molecule has 0 aromatic heterocycles. The van der Waals surface area contributed by atoms with E-state index in [1.54, 1.807) is 0 Å². The maximum Gasteiger partial charge on any atom is 0.00899 e. The summed E-state index contributed by atoms with van der Waals surface area (Å²) in [6, 6.07) is 0.769. The fraction of sp³-hybridized carbons (Fsp3) is 1.00. The molecule has 0 aromatic carbocycles. The van der Waals surface area contributed by atoms with Crippen LogP contribution in [0.3, 0.4) is 0 Å². The monoisotopic (exact) mass is 225 g/mol. The predicted octanol–water partition coefficient (Wildman–Crippen LogP) is 4.18. The number of hydrogen-bond donors (Lipinski definition) is 0. The largest absolute Gasteiger partial charge is 0.300 e. The van der Waals surface area contributed by atoms with E-state index in [9.17, 15) is 0 Å². The Morgan fingerprint density at radius 3 is 2.00 bits per heavy atom. The molecule has 1 rings (SSSR count). The van der Waals surface area contributed by atoms with Gasteiger partial charge in [-0.2, -0.15) is 0 Å². The van der Waals surface area contributed by atoms with E-state index in [0.717, 1.165) is 23.8 Å². The van der Waals surface area contributed by atoms with Gasteiger partial charge in [-0.3, -0.25) is 0 Å². The first-order valence-corrected chi connectivity index (χ1v) is 7.24. The number of hydrogen-bond acceptors (Lipinski definition) is 1. The Bertz CT molecular complexity index is 178. The van der Waals surface area contributed by atoms with E-state index in [2.05, 4.69) is 39.5 Å². The van der Waals surface area contributed by atoms with Crippen molar-refractivity contribution in [2.45, 2.75) is 66.3 Å². The number of likely N-dealkylation sites (tertiary alicyclic amines) is 1. The summed E-state index contributed by atoms with van der Waals surface area (Å²) in [5.41, 5.74) is 0. The van der Waals surface area contributed by atoms with Crippen molar-refractivity contribution in [3.63, 3.8) is 0 Å². The minimum absolute atomic E-state index is 0.769. The van der Waals surface area contributed by atoms with Crippen LogP contribution in [0.15, 0.2) is 0 Å². The SMILES string of the molecule is CC(C)CCC1CCN(C(C)C(C)C)CC1. The Morgan fingerprint density at radius 2 is 1.56 bits per heavy atom. The summed E-state index contributed by atoms with van der Waals surface area (Å²) < 4.78 is 0. The van der Waals surface area contributed by atoms with Crippen LogP contribution < -0.4 is 0 Å². The number of nitrogens with zero attached hydrogens (tertiary/aromatic N) is 1. The molecule has 1 heteroatoms. The molecule has 0 aromatic rings. The van der Waals surface area contributed by atoms with E-state index >= 15 is 0 Å². The van der Waals surface area contributed by atoms with Gasteiger partial charge < -0.3 is 4.90 Å². The highest BCUT2D eigenvalue weighted by molar-refractivity contribution is 4.77. The third-order valence-corrected chi connectivity index (χ3v) is 4.34. The Kier molecular flexibility index (Phi) is 5.82. The van der Waals surface area contributed by atoms with E-state index in [-0.39, 0.29) is 0 Å². The molecule has 0 spiro atoms. The minimum Gasteiger partial charge on any atom is -0.300 e. The summed E-state index contributed by atoms with van der Waals surface area (Å²) in [5.74, 6) is 2.69. The Balaban J connectivity index is 2.23. The average molecular weight is 225 g/mol. The molecule has 1 aliphatic heterocycles. The molecule has 1 saturated heterocycles. The van der Waals surface area contributed by atoms with E-state index in [0.29, 0.717) is 0 Å². The van der Waals surface area contributed by atoms with Gasteiger partial charge in [-0.15, -0.1) is 0 Å². The quantitative estimate of drug-likeness (QED) is 0.678. The first-order chi connectivity index (χ1) is 7.50. The Labute approximate surface area is 103 Å². The van der Waals surface area contributed by atoms with Gasteiger partial charge in [-0.1, -0.05) is 40.5 Å². The van der Waals surface area contributed by atoms with Crippen LogP contribution in [0.5, 0.6) is 0 Å². The second-order valence-electron chi connectivity index (χ2n) is 6.44. The van der Waals surface area contributed by atoms with Crippen molar-refractivity contribution in [2.24, 2.45) is 17.8 Å². The second-order valence-corrected chi connectivity index (χ2v) is 6.44. The van der Waals surface area contributed by atoms with Gasteiger partial charge in [0, 0.05) is 6.04 Å². The van der Waals surface area contributed by atoms with Crippen molar-refractivity contribution in [2.75, 3.05) is 13.1 Å². The zero-order valence-corrected chi connectivity index (χ0v) is 12.0. The molecule has 1 fully saturated rings. The van der Waals surface area contributed by atoms with Gasteiger partial charge in [0.05, 0.1) is 0 Å². The summed E-state index contributed by atoms with van der Waals surface area (Å²) in [6.45, 7) is 14.4. The predicted molar refractivity (Wildman–Crippen MR) is 72.7 cm³/mol. The Hall–Kier alpha value is -0.0400. The van der Waals surface area contributed by atoms with Crippen LogP contribution in [0.1, 0.15) is 60.3 Å². The first kappa shape index (κ1) is 14.0. The molecule has 0 aliphatic carbocycles. The molecule has 1 unspecified atom stereocenters. The zero-order valence-electron chi connectivity index (χ0n) is 12.0. The molecule has 0 bridgehead atoms. The Morgan fingerprint density at radius 1 is 1.00 bits per heavy atom. The summed E-state index contributed by atoms with van der Waals surface area (Å²) in [6.07, 6.45) is 5.75. The zero-order chi connectivity index (χ0) is 12.1. The molecular weight excluding hydrogens is 194 g/mol. The third-order valence-electron chi connectivity index (χ3n) is 4.34. The lowest BCUT2D eigenvalue weighted by Gasteiger charge is -2.38. The van der Waals surface area contributed by atoms with Gasteiger partial charge in [0.1, 0.15) is 0 Å². The van der Waals surface area contributed by atoms with Crippen LogP contribution >= 0.6 is 0 Å². The maximum absolute atomic E-state index is 2.69. The van der Waals surface area contributed by atoms with Crippen LogP contribution in [-0.4, -0.2) is 24.0 Å². The maximum atomic E-state index is 2.69. The average Bonchev–Trinajstić information content (AvgIpc) is 2.26. The lowest BCUT2D eigenvalue weighted by molar-refractivity contribution is 0.110. The molecule has 1 heterocycles. The molecule has 1 nitrogen and oxygen atoms in total. The molecule has 0 radical (unpaired) electrons. The number of rotatable bonds is 5. The second kappa shape index (κ2) is 6.64. The summed E-state index contributed by atoms with van der Waals surface area (Å²) in [4.78, 5) is 2.69. The molecule has 1 atom stereocenters. The van der Waals surface area contributed by atoms with Gasteiger partial charge in [0.15, 0.2) is 0 Å². The van der Waals surface area contributed by atoms with E-state index in [4.69, 9.17) is 0 Å². The fourth-order valence-electron chi connectivity index (χ4n) is 2.64. The summed E-state index contributed by atoms with van der Waals surface area (Å²) >= 11 is 0. The van der Waals surface area contributed by atoms with Gasteiger partial charge in [-0.05, 0) is 50.6 Å². The highest BCUT2D eigenvalue weighted by atomic mass is 15.2. The van der Waals surface area contributed by atoms with Gasteiger partial charge in [0.25, 0.3) is 0 Å². The van der Waals surface area contributed by atoms with Crippen molar-refractivity contribution in [3.05, 3.63) is 0 Å². The summed E-state index contributed by atoms with van der Waals surface area (Å²) in [5, 5.41) is 0. The first-order valence-electron chi connectivity index (χ1n) is 7.24. The van der Waals surface area contributed by atoms with Crippen LogP contribution in [0.2, 0.25) is 0 Å².